The van der Waals surface area contributed by atoms with Gasteiger partial charge in [0.1, 0.15) is 17.3 Å². The van der Waals surface area contributed by atoms with E-state index in [1.807, 2.05) is 25.1 Å². The van der Waals surface area contributed by atoms with Gasteiger partial charge in [-0.3, -0.25) is 4.79 Å². The molecule has 2 aromatic rings. The monoisotopic (exact) mass is 366 g/mol. The van der Waals surface area contributed by atoms with E-state index in [2.05, 4.69) is 53.1 Å². The number of nitrogens with one attached hydrogen (secondary N) is 1. The van der Waals surface area contributed by atoms with Gasteiger partial charge in [-0.05, 0) is 56.2 Å². The quantitative estimate of drug-likeness (QED) is 0.815. The average Bonchev–Trinajstić information content (AvgIpc) is 2.67. The van der Waals surface area contributed by atoms with E-state index in [1.54, 1.807) is 0 Å². The second kappa shape index (κ2) is 8.51. The number of carbonyl (C=O) groups is 1. The van der Waals surface area contributed by atoms with Crippen LogP contribution in [-0.2, 0) is 0 Å². The second-order valence-electron chi connectivity index (χ2n) is 7.64. The molecule has 3 rings (SSSR count). The molecular formula is C22H30N4O. The first-order valence-electron chi connectivity index (χ1n) is 10.0. The minimum Gasteiger partial charge on any atom is -0.354 e. The Morgan fingerprint density at radius 3 is 2.63 bits per heavy atom. The molecule has 1 aromatic heterocycles. The van der Waals surface area contributed by atoms with Crippen LogP contribution < -0.4 is 10.2 Å². The molecule has 5 nitrogen and oxygen atoms in total. The summed E-state index contributed by atoms with van der Waals surface area (Å²) in [6.45, 7) is 9.37. The molecular weight excluding hydrogens is 336 g/mol. The van der Waals surface area contributed by atoms with Crippen molar-refractivity contribution in [1.29, 1.82) is 0 Å². The third kappa shape index (κ3) is 4.65. The Hall–Kier alpha value is -2.43. The number of hydrogen-bond acceptors (Lipinski definition) is 4. The molecule has 1 aromatic carbocycles. The van der Waals surface area contributed by atoms with E-state index in [0.717, 1.165) is 24.5 Å². The summed E-state index contributed by atoms with van der Waals surface area (Å²) in [5.41, 5.74) is 2.46. The number of hydrogen-bond donors (Lipinski definition) is 1. The summed E-state index contributed by atoms with van der Waals surface area (Å²) in [7, 11) is 0. The third-order valence-electron chi connectivity index (χ3n) is 5.28. The van der Waals surface area contributed by atoms with Gasteiger partial charge in [0, 0.05) is 24.3 Å². The minimum atomic E-state index is -0.191. The first-order valence-corrected chi connectivity index (χ1v) is 10.0. The normalized spacial score (nSPS) is 17.2. The molecule has 144 valence electrons. The molecule has 0 bridgehead atoms. The van der Waals surface area contributed by atoms with Crippen LogP contribution in [0.15, 0.2) is 30.3 Å². The summed E-state index contributed by atoms with van der Waals surface area (Å²) in [6.07, 6.45) is 4.71. The summed E-state index contributed by atoms with van der Waals surface area (Å²) in [4.78, 5) is 24.1. The van der Waals surface area contributed by atoms with E-state index >= 15 is 0 Å². The minimum absolute atomic E-state index is 0.191. The zero-order chi connectivity index (χ0) is 19.4. The zero-order valence-electron chi connectivity index (χ0n) is 16.8. The second-order valence-corrected chi connectivity index (χ2v) is 7.64. The van der Waals surface area contributed by atoms with Gasteiger partial charge in [-0.1, -0.05) is 32.9 Å². The molecule has 1 N–H and O–H groups in total. The Morgan fingerprint density at radius 2 is 1.96 bits per heavy atom. The van der Waals surface area contributed by atoms with Gasteiger partial charge in [-0.25, -0.2) is 9.97 Å². The molecule has 1 amide bonds. The van der Waals surface area contributed by atoms with Crippen LogP contribution in [0.4, 0.5) is 11.5 Å². The van der Waals surface area contributed by atoms with Gasteiger partial charge in [-0.2, -0.15) is 0 Å². The highest BCUT2D eigenvalue weighted by molar-refractivity contribution is 6.03. The van der Waals surface area contributed by atoms with Gasteiger partial charge in [0.25, 0.3) is 5.91 Å². The number of piperidine rings is 1. The van der Waals surface area contributed by atoms with Gasteiger partial charge < -0.3 is 10.2 Å². The maximum Gasteiger partial charge on any atom is 0.274 e. The summed E-state index contributed by atoms with van der Waals surface area (Å²) >= 11 is 0. The van der Waals surface area contributed by atoms with Crippen LogP contribution in [0.1, 0.15) is 74.2 Å². The van der Waals surface area contributed by atoms with Crippen LogP contribution in [-0.4, -0.2) is 28.5 Å². The van der Waals surface area contributed by atoms with Crippen molar-refractivity contribution in [3.63, 3.8) is 0 Å². The van der Waals surface area contributed by atoms with Crippen molar-refractivity contribution in [3.8, 4) is 0 Å². The maximum absolute atomic E-state index is 12.8. The summed E-state index contributed by atoms with van der Waals surface area (Å²) in [5, 5.41) is 2.96. The van der Waals surface area contributed by atoms with Gasteiger partial charge in [0.15, 0.2) is 0 Å². The number of benzene rings is 1. The van der Waals surface area contributed by atoms with Crippen molar-refractivity contribution in [1.82, 2.24) is 9.97 Å². The molecule has 2 heterocycles. The number of carbonyl (C=O) groups excluding carboxylic acids is 1. The predicted octanol–water partition coefficient (Wildman–Crippen LogP) is 4.93. The van der Waals surface area contributed by atoms with Gasteiger partial charge in [0.2, 0.25) is 0 Å². The van der Waals surface area contributed by atoms with Crippen molar-refractivity contribution >= 4 is 17.4 Å². The lowest BCUT2D eigenvalue weighted by molar-refractivity contribution is 0.102. The number of rotatable bonds is 5. The molecule has 27 heavy (non-hydrogen) atoms. The molecule has 1 aliphatic rings. The lowest BCUT2D eigenvalue weighted by Gasteiger charge is -2.36. The first-order chi connectivity index (χ1) is 13.0. The Morgan fingerprint density at radius 1 is 1.22 bits per heavy atom. The highest BCUT2D eigenvalue weighted by atomic mass is 16.1. The Kier molecular flexibility index (Phi) is 6.09. The molecule has 0 saturated carbocycles. The average molecular weight is 367 g/mol. The fourth-order valence-electron chi connectivity index (χ4n) is 3.69. The summed E-state index contributed by atoms with van der Waals surface area (Å²) < 4.78 is 0. The van der Waals surface area contributed by atoms with Crippen LogP contribution in [0, 0.1) is 6.92 Å². The number of aromatic nitrogens is 2. The standard InChI is InChI=1S/C22H30N4O/c1-5-19-8-6-7-13-26(19)21-14-20(23-16(4)24-21)22(27)25-18-11-9-17(10-12-18)15(2)3/h9-12,14-15,19H,5-8,13H2,1-4H3,(H,25,27). The fraction of sp³-hybridized carbons (Fsp3) is 0.500. The number of nitrogens with zero attached hydrogens (tertiary/aromatic N) is 3. The molecule has 1 unspecified atom stereocenters. The first kappa shape index (κ1) is 19.3. The highest BCUT2D eigenvalue weighted by Crippen LogP contribution is 2.26. The third-order valence-corrected chi connectivity index (χ3v) is 5.28. The van der Waals surface area contributed by atoms with E-state index in [1.165, 1.54) is 24.8 Å². The van der Waals surface area contributed by atoms with Crippen molar-refractivity contribution < 1.29 is 4.79 Å². The molecule has 1 fully saturated rings. The fourth-order valence-corrected chi connectivity index (χ4v) is 3.69. The van der Waals surface area contributed by atoms with Crippen LogP contribution in [0.2, 0.25) is 0 Å². The zero-order valence-corrected chi connectivity index (χ0v) is 16.8. The molecule has 1 saturated heterocycles. The van der Waals surface area contributed by atoms with Crippen LogP contribution in [0.25, 0.3) is 0 Å². The number of amides is 1. The van der Waals surface area contributed by atoms with E-state index in [4.69, 9.17) is 0 Å². The van der Waals surface area contributed by atoms with Gasteiger partial charge in [-0.15, -0.1) is 0 Å². The topological polar surface area (TPSA) is 58.1 Å². The number of aryl methyl sites for hydroxylation is 1. The SMILES string of the molecule is CCC1CCCCN1c1cc(C(=O)Nc2ccc(C(C)C)cc2)nc(C)n1. The highest BCUT2D eigenvalue weighted by Gasteiger charge is 2.23. The van der Waals surface area contributed by atoms with Crippen LogP contribution in [0.3, 0.4) is 0 Å². The lowest BCUT2D eigenvalue weighted by Crippen LogP contribution is -2.40. The Balaban J connectivity index is 1.79. The van der Waals surface area contributed by atoms with Crippen LogP contribution >= 0.6 is 0 Å². The summed E-state index contributed by atoms with van der Waals surface area (Å²) in [5.74, 6) is 1.78. The lowest BCUT2D eigenvalue weighted by atomic mass is 10.00. The predicted molar refractivity (Wildman–Crippen MR) is 111 cm³/mol. The number of anilines is 2. The molecule has 0 aliphatic carbocycles. The molecule has 1 aliphatic heterocycles. The smallest absolute Gasteiger partial charge is 0.274 e. The van der Waals surface area contributed by atoms with Crippen LogP contribution in [0.5, 0.6) is 0 Å². The van der Waals surface area contributed by atoms with E-state index in [0.29, 0.717) is 23.5 Å². The maximum atomic E-state index is 12.8. The summed E-state index contributed by atoms with van der Waals surface area (Å²) in [6, 6.07) is 10.3. The van der Waals surface area contributed by atoms with E-state index < -0.39 is 0 Å². The van der Waals surface area contributed by atoms with Crippen molar-refractivity contribution in [2.75, 3.05) is 16.8 Å². The Bertz CT molecular complexity index is 785. The largest absolute Gasteiger partial charge is 0.354 e. The van der Waals surface area contributed by atoms with E-state index in [9.17, 15) is 4.79 Å². The van der Waals surface area contributed by atoms with Gasteiger partial charge >= 0.3 is 0 Å². The molecule has 5 heteroatoms. The molecule has 0 spiro atoms. The van der Waals surface area contributed by atoms with E-state index in [-0.39, 0.29) is 5.91 Å². The van der Waals surface area contributed by atoms with Crippen molar-refractivity contribution in [2.45, 2.75) is 65.3 Å². The van der Waals surface area contributed by atoms with Crippen molar-refractivity contribution in [3.05, 3.63) is 47.4 Å². The molecule has 0 radical (unpaired) electrons. The van der Waals surface area contributed by atoms with Crippen molar-refractivity contribution in [2.24, 2.45) is 0 Å². The van der Waals surface area contributed by atoms with Gasteiger partial charge in [0.05, 0.1) is 0 Å². The molecule has 1 atom stereocenters. The Labute approximate surface area is 162 Å².